The molecule has 1 heterocycles. The molecule has 0 aliphatic carbocycles. The van der Waals surface area contributed by atoms with E-state index in [1.165, 1.54) is 5.41 Å². The molecule has 0 saturated heterocycles. The lowest BCUT2D eigenvalue weighted by atomic mass is 10.0. The normalized spacial score (nSPS) is 18.4. The summed E-state index contributed by atoms with van der Waals surface area (Å²) in [6.07, 6.45) is 0. The average molecular weight is 253 g/mol. The van der Waals surface area contributed by atoms with Crippen molar-refractivity contribution in [1.82, 2.24) is 5.32 Å². The number of sulfone groups is 1. The molecular formula is C12H15NO3S. The molecule has 0 amide bonds. The van der Waals surface area contributed by atoms with Crippen LogP contribution in [-0.4, -0.2) is 28.6 Å². The maximum atomic E-state index is 11.9. The molecule has 0 bridgehead atoms. The van der Waals surface area contributed by atoms with Crippen molar-refractivity contribution in [3.8, 4) is 5.75 Å². The van der Waals surface area contributed by atoms with Gasteiger partial charge in [-0.25, -0.2) is 8.42 Å². The van der Waals surface area contributed by atoms with Crippen LogP contribution in [0.25, 0.3) is 5.57 Å². The van der Waals surface area contributed by atoms with Crippen LogP contribution in [0.5, 0.6) is 5.75 Å². The first-order valence-corrected chi connectivity index (χ1v) is 6.86. The molecule has 0 aromatic heterocycles. The SMILES string of the molecule is CNC(C)C1=CS(=O)(=O)c2ccc(OC)cc21. The van der Waals surface area contributed by atoms with E-state index >= 15 is 0 Å². The van der Waals surface area contributed by atoms with Crippen LogP contribution in [0.3, 0.4) is 0 Å². The molecule has 1 unspecified atom stereocenters. The summed E-state index contributed by atoms with van der Waals surface area (Å²) in [5.74, 6) is 0.662. The van der Waals surface area contributed by atoms with Crippen molar-refractivity contribution >= 4 is 15.4 Å². The number of rotatable bonds is 3. The van der Waals surface area contributed by atoms with Gasteiger partial charge in [0.25, 0.3) is 0 Å². The molecule has 1 N–H and O–H groups in total. The van der Waals surface area contributed by atoms with Crippen LogP contribution < -0.4 is 10.1 Å². The number of nitrogens with one attached hydrogen (secondary N) is 1. The van der Waals surface area contributed by atoms with Crippen LogP contribution in [0.2, 0.25) is 0 Å². The Hall–Kier alpha value is -1.33. The van der Waals surface area contributed by atoms with Crippen LogP contribution >= 0.6 is 0 Å². The van der Waals surface area contributed by atoms with Gasteiger partial charge in [0.15, 0.2) is 0 Å². The van der Waals surface area contributed by atoms with E-state index in [9.17, 15) is 8.42 Å². The number of methoxy groups -OCH3 is 1. The van der Waals surface area contributed by atoms with Crippen molar-refractivity contribution in [3.63, 3.8) is 0 Å². The smallest absolute Gasteiger partial charge is 0.200 e. The van der Waals surface area contributed by atoms with Gasteiger partial charge in [-0.3, -0.25) is 0 Å². The molecule has 0 fully saturated rings. The minimum atomic E-state index is -3.29. The van der Waals surface area contributed by atoms with Crippen LogP contribution in [0.15, 0.2) is 28.5 Å². The monoisotopic (exact) mass is 253 g/mol. The van der Waals surface area contributed by atoms with E-state index in [-0.39, 0.29) is 6.04 Å². The second kappa shape index (κ2) is 4.16. The Kier molecular flexibility index (Phi) is 2.97. The third-order valence-electron chi connectivity index (χ3n) is 2.99. The minimum Gasteiger partial charge on any atom is -0.497 e. The van der Waals surface area contributed by atoms with Gasteiger partial charge in [0.05, 0.1) is 12.0 Å². The second-order valence-electron chi connectivity index (χ2n) is 3.99. The molecule has 1 aliphatic rings. The lowest BCUT2D eigenvalue weighted by molar-refractivity contribution is 0.414. The molecule has 1 atom stereocenters. The summed E-state index contributed by atoms with van der Waals surface area (Å²) < 4.78 is 29.0. The lowest BCUT2D eigenvalue weighted by Crippen LogP contribution is -2.22. The third kappa shape index (κ3) is 1.96. The highest BCUT2D eigenvalue weighted by atomic mass is 32.2. The lowest BCUT2D eigenvalue weighted by Gasteiger charge is -2.13. The fraction of sp³-hybridized carbons (Fsp3) is 0.333. The third-order valence-corrected chi connectivity index (χ3v) is 4.52. The highest BCUT2D eigenvalue weighted by Crippen LogP contribution is 2.37. The van der Waals surface area contributed by atoms with Gasteiger partial charge in [0, 0.05) is 17.0 Å². The zero-order chi connectivity index (χ0) is 12.6. The van der Waals surface area contributed by atoms with Crippen molar-refractivity contribution in [2.75, 3.05) is 14.2 Å². The predicted octanol–water partition coefficient (Wildman–Crippen LogP) is 1.43. The fourth-order valence-electron chi connectivity index (χ4n) is 1.89. The number of ether oxygens (including phenoxy) is 1. The summed E-state index contributed by atoms with van der Waals surface area (Å²) in [7, 11) is 0.0750. The van der Waals surface area contributed by atoms with Crippen molar-refractivity contribution < 1.29 is 13.2 Å². The van der Waals surface area contributed by atoms with Gasteiger partial charge in [-0.05, 0) is 37.7 Å². The Morgan fingerprint density at radius 2 is 2.06 bits per heavy atom. The summed E-state index contributed by atoms with van der Waals surface area (Å²) in [5, 5.41) is 4.38. The topological polar surface area (TPSA) is 55.4 Å². The van der Waals surface area contributed by atoms with Crippen molar-refractivity contribution in [1.29, 1.82) is 0 Å². The molecule has 1 aromatic carbocycles. The fourth-order valence-corrected chi connectivity index (χ4v) is 3.43. The van der Waals surface area contributed by atoms with E-state index in [1.807, 2.05) is 6.92 Å². The van der Waals surface area contributed by atoms with Crippen LogP contribution in [0, 0.1) is 0 Å². The van der Waals surface area contributed by atoms with Gasteiger partial charge in [0.1, 0.15) is 5.75 Å². The van der Waals surface area contributed by atoms with Gasteiger partial charge in [-0.1, -0.05) is 0 Å². The summed E-state index contributed by atoms with van der Waals surface area (Å²) in [5.41, 5.74) is 1.51. The number of likely N-dealkylation sites (N-methyl/N-ethyl adjacent to an activating group) is 1. The van der Waals surface area contributed by atoms with E-state index in [4.69, 9.17) is 4.74 Å². The summed E-state index contributed by atoms with van der Waals surface area (Å²) in [6.45, 7) is 1.93. The number of fused-ring (bicyclic) bond motifs is 1. The molecule has 1 aromatic rings. The average Bonchev–Trinajstić information content (AvgIpc) is 2.60. The Morgan fingerprint density at radius 3 is 2.65 bits per heavy atom. The van der Waals surface area contributed by atoms with Crippen LogP contribution in [-0.2, 0) is 9.84 Å². The zero-order valence-electron chi connectivity index (χ0n) is 10.0. The van der Waals surface area contributed by atoms with Gasteiger partial charge < -0.3 is 10.1 Å². The van der Waals surface area contributed by atoms with E-state index in [0.717, 1.165) is 11.1 Å². The molecule has 0 radical (unpaired) electrons. The summed E-state index contributed by atoms with van der Waals surface area (Å²) in [6, 6.07) is 5.00. The minimum absolute atomic E-state index is 0.0156. The summed E-state index contributed by atoms with van der Waals surface area (Å²) in [4.78, 5) is 0.357. The van der Waals surface area contributed by atoms with Crippen molar-refractivity contribution in [2.45, 2.75) is 17.9 Å². The van der Waals surface area contributed by atoms with Crippen molar-refractivity contribution in [3.05, 3.63) is 29.2 Å². The first-order valence-electron chi connectivity index (χ1n) is 5.32. The maximum absolute atomic E-state index is 11.9. The number of benzene rings is 1. The van der Waals surface area contributed by atoms with E-state index in [0.29, 0.717) is 10.6 Å². The van der Waals surface area contributed by atoms with Crippen LogP contribution in [0.4, 0.5) is 0 Å². The van der Waals surface area contributed by atoms with Crippen LogP contribution in [0.1, 0.15) is 12.5 Å². The van der Waals surface area contributed by atoms with Crippen molar-refractivity contribution in [2.24, 2.45) is 0 Å². The summed E-state index contributed by atoms with van der Waals surface area (Å²) >= 11 is 0. The number of hydrogen-bond acceptors (Lipinski definition) is 4. The first kappa shape index (κ1) is 12.1. The molecule has 92 valence electrons. The largest absolute Gasteiger partial charge is 0.497 e. The zero-order valence-corrected chi connectivity index (χ0v) is 10.8. The number of hydrogen-bond donors (Lipinski definition) is 1. The van der Waals surface area contributed by atoms with Gasteiger partial charge in [-0.15, -0.1) is 0 Å². The van der Waals surface area contributed by atoms with E-state index in [2.05, 4.69) is 5.32 Å². The second-order valence-corrected chi connectivity index (χ2v) is 5.76. The molecule has 17 heavy (non-hydrogen) atoms. The molecule has 0 spiro atoms. The van der Waals surface area contributed by atoms with E-state index in [1.54, 1.807) is 32.4 Å². The Balaban J connectivity index is 2.62. The van der Waals surface area contributed by atoms with E-state index < -0.39 is 9.84 Å². The van der Waals surface area contributed by atoms with Gasteiger partial charge >= 0.3 is 0 Å². The highest BCUT2D eigenvalue weighted by Gasteiger charge is 2.29. The molecule has 2 rings (SSSR count). The molecular weight excluding hydrogens is 238 g/mol. The molecule has 1 aliphatic heterocycles. The quantitative estimate of drug-likeness (QED) is 0.885. The first-order chi connectivity index (χ1) is 7.99. The molecule has 4 nitrogen and oxygen atoms in total. The Morgan fingerprint density at radius 1 is 1.35 bits per heavy atom. The molecule has 0 saturated carbocycles. The van der Waals surface area contributed by atoms with Gasteiger partial charge in [0.2, 0.25) is 9.84 Å². The highest BCUT2D eigenvalue weighted by molar-refractivity contribution is 7.95. The van der Waals surface area contributed by atoms with Gasteiger partial charge in [-0.2, -0.15) is 0 Å². The Bertz CT molecular complexity index is 575. The Labute approximate surface area is 101 Å². The predicted molar refractivity (Wildman–Crippen MR) is 66.7 cm³/mol. The molecule has 5 heteroatoms. The maximum Gasteiger partial charge on any atom is 0.200 e. The standard InChI is InChI=1S/C12H15NO3S/c1-8(13-2)11-7-17(14,15)12-5-4-9(16-3)6-10(11)12/h4-8,13H,1-3H3.